The topological polar surface area (TPSA) is 78.4 Å². The molecule has 0 atom stereocenters. The highest BCUT2D eigenvalue weighted by atomic mass is 35.5. The summed E-state index contributed by atoms with van der Waals surface area (Å²) in [4.78, 5) is 13.6. The number of likely N-dealkylation sites (tertiary alicyclic amines) is 1. The van der Waals surface area contributed by atoms with Crippen LogP contribution in [0.2, 0.25) is 10.0 Å². The Balaban J connectivity index is 1.21. The third-order valence-corrected chi connectivity index (χ3v) is 8.46. The zero-order chi connectivity index (χ0) is 29.1. The van der Waals surface area contributed by atoms with Crippen LogP contribution in [0.3, 0.4) is 0 Å². The van der Waals surface area contributed by atoms with Gasteiger partial charge in [-0.3, -0.25) is 4.90 Å². The number of carboxylic acids is 1. The maximum atomic E-state index is 11.1. The van der Waals surface area contributed by atoms with Crippen LogP contribution < -0.4 is 5.32 Å². The molecule has 2 N–H and O–H groups in total. The highest BCUT2D eigenvalue weighted by Gasteiger charge is 2.22. The summed E-state index contributed by atoms with van der Waals surface area (Å²) < 4.78 is 0. The van der Waals surface area contributed by atoms with Gasteiger partial charge in [-0.05, 0) is 83.6 Å². The Morgan fingerprint density at radius 1 is 0.857 bits per heavy atom. The molecule has 1 aliphatic rings. The lowest BCUT2D eigenvalue weighted by Gasteiger charge is -2.33. The summed E-state index contributed by atoms with van der Waals surface area (Å²) >= 11 is 12.4. The van der Waals surface area contributed by atoms with Crippen molar-refractivity contribution in [1.82, 2.24) is 15.1 Å². The van der Waals surface area contributed by atoms with E-state index in [2.05, 4.69) is 56.8 Å². The molecule has 6 nitrogen and oxygen atoms in total. The number of fused-ring (bicyclic) bond motifs is 1. The normalized spacial score (nSPS) is 14.4. The summed E-state index contributed by atoms with van der Waals surface area (Å²) in [7, 11) is 0. The van der Waals surface area contributed by atoms with Gasteiger partial charge in [0, 0.05) is 47.0 Å². The maximum Gasteiger partial charge on any atom is 0.335 e. The number of rotatable bonds is 8. The fraction of sp³-hybridized carbons (Fsp3) is 0.206. The SMILES string of the molecule is O=C(O)c1ccc(CN2CCC(Nc3cnnc4ccc(C(c5ccc(Cl)cc5)c5ccc(Cl)cc5)cc34)CC2)cc1. The lowest BCUT2D eigenvalue weighted by molar-refractivity contribution is 0.0697. The van der Waals surface area contributed by atoms with E-state index < -0.39 is 5.97 Å². The molecule has 1 aromatic heterocycles. The number of benzene rings is 4. The molecule has 5 aromatic rings. The predicted molar refractivity (Wildman–Crippen MR) is 169 cm³/mol. The van der Waals surface area contributed by atoms with Crippen LogP contribution in [0, 0.1) is 0 Å². The van der Waals surface area contributed by atoms with Crippen molar-refractivity contribution in [3.8, 4) is 0 Å². The molecule has 6 rings (SSSR count). The molecule has 4 aromatic carbocycles. The number of hydrogen-bond acceptors (Lipinski definition) is 5. The first-order valence-electron chi connectivity index (χ1n) is 14.0. The van der Waals surface area contributed by atoms with Crippen molar-refractivity contribution in [3.63, 3.8) is 0 Å². The Morgan fingerprint density at radius 2 is 1.45 bits per heavy atom. The van der Waals surface area contributed by atoms with E-state index in [0.717, 1.165) is 71.3 Å². The smallest absolute Gasteiger partial charge is 0.335 e. The number of anilines is 1. The van der Waals surface area contributed by atoms with Crippen molar-refractivity contribution in [3.05, 3.63) is 135 Å². The van der Waals surface area contributed by atoms with Gasteiger partial charge in [-0.1, -0.05) is 65.7 Å². The van der Waals surface area contributed by atoms with E-state index in [1.807, 2.05) is 48.7 Å². The molecule has 1 saturated heterocycles. The van der Waals surface area contributed by atoms with Crippen molar-refractivity contribution in [2.24, 2.45) is 0 Å². The number of nitrogens with one attached hydrogen (secondary N) is 1. The molecule has 1 aliphatic heterocycles. The zero-order valence-corrected chi connectivity index (χ0v) is 24.4. The quantitative estimate of drug-likeness (QED) is 0.177. The summed E-state index contributed by atoms with van der Waals surface area (Å²) in [6.45, 7) is 2.72. The van der Waals surface area contributed by atoms with E-state index in [0.29, 0.717) is 21.7 Å². The monoisotopic (exact) mass is 596 g/mol. The number of aromatic carboxylic acids is 1. The second kappa shape index (κ2) is 12.5. The zero-order valence-electron chi connectivity index (χ0n) is 22.9. The van der Waals surface area contributed by atoms with Crippen LogP contribution in [-0.4, -0.2) is 45.3 Å². The van der Waals surface area contributed by atoms with E-state index in [4.69, 9.17) is 28.3 Å². The fourth-order valence-electron chi connectivity index (χ4n) is 5.72. The summed E-state index contributed by atoms with van der Waals surface area (Å²) in [6.07, 6.45) is 3.81. The molecule has 8 heteroatoms. The van der Waals surface area contributed by atoms with Gasteiger partial charge in [0.25, 0.3) is 0 Å². The Labute approximate surface area is 254 Å². The average molecular weight is 598 g/mol. The largest absolute Gasteiger partial charge is 0.478 e. The molecular weight excluding hydrogens is 567 g/mol. The second-order valence-electron chi connectivity index (χ2n) is 10.8. The molecule has 0 amide bonds. The molecule has 0 bridgehead atoms. The third kappa shape index (κ3) is 6.41. The Bertz CT molecular complexity index is 1640. The number of carbonyl (C=O) groups is 1. The number of aromatic nitrogens is 2. The highest BCUT2D eigenvalue weighted by molar-refractivity contribution is 6.30. The molecular formula is C34H30Cl2N4O2. The first-order chi connectivity index (χ1) is 20.4. The van der Waals surface area contributed by atoms with E-state index in [9.17, 15) is 4.79 Å². The minimum Gasteiger partial charge on any atom is -0.478 e. The van der Waals surface area contributed by atoms with Crippen molar-refractivity contribution >= 4 is 45.8 Å². The number of carboxylic acid groups (broad SMARTS) is 1. The standard InChI is InChI=1S/C34H30Cl2N4O2/c35-27-10-5-23(6-11-27)33(24-7-12-28(36)13-8-24)26-9-14-31-30(19-26)32(20-37-39-31)38-29-15-17-40(18-16-29)21-22-1-3-25(4-2-22)34(41)42/h1-14,19-20,29,33H,15-18,21H2,(H,38,39)(H,41,42). The first kappa shape index (κ1) is 28.2. The van der Waals surface area contributed by atoms with Crippen molar-refractivity contribution in [1.29, 1.82) is 0 Å². The van der Waals surface area contributed by atoms with Crippen LogP contribution in [0.5, 0.6) is 0 Å². The second-order valence-corrected chi connectivity index (χ2v) is 11.6. The maximum absolute atomic E-state index is 11.1. The van der Waals surface area contributed by atoms with Gasteiger partial charge >= 0.3 is 5.97 Å². The van der Waals surface area contributed by atoms with Crippen LogP contribution in [0.4, 0.5) is 5.69 Å². The van der Waals surface area contributed by atoms with Crippen LogP contribution in [0.1, 0.15) is 51.4 Å². The van der Waals surface area contributed by atoms with Gasteiger partial charge in [0.15, 0.2) is 0 Å². The fourth-order valence-corrected chi connectivity index (χ4v) is 5.98. The van der Waals surface area contributed by atoms with Gasteiger partial charge in [0.1, 0.15) is 0 Å². The highest BCUT2D eigenvalue weighted by Crippen LogP contribution is 2.36. The Kier molecular flexibility index (Phi) is 8.38. The van der Waals surface area contributed by atoms with E-state index >= 15 is 0 Å². The molecule has 0 unspecified atom stereocenters. The summed E-state index contributed by atoms with van der Waals surface area (Å²) in [6, 6.07) is 29.9. The Morgan fingerprint density at radius 3 is 2.05 bits per heavy atom. The van der Waals surface area contributed by atoms with Crippen molar-refractivity contribution < 1.29 is 9.90 Å². The summed E-state index contributed by atoms with van der Waals surface area (Å²) in [5.41, 5.74) is 6.69. The third-order valence-electron chi connectivity index (χ3n) is 7.96. The van der Waals surface area contributed by atoms with E-state index in [1.165, 1.54) is 0 Å². The van der Waals surface area contributed by atoms with Gasteiger partial charge in [0.05, 0.1) is 23.0 Å². The number of hydrogen-bond donors (Lipinski definition) is 2. The molecule has 42 heavy (non-hydrogen) atoms. The number of nitrogens with zero attached hydrogens (tertiary/aromatic N) is 3. The molecule has 1 fully saturated rings. The van der Waals surface area contributed by atoms with Crippen LogP contribution in [0.15, 0.2) is 97.2 Å². The van der Waals surface area contributed by atoms with Gasteiger partial charge in [-0.25, -0.2) is 4.79 Å². The Hall–Kier alpha value is -3.97. The molecule has 2 heterocycles. The lowest BCUT2D eigenvalue weighted by Crippen LogP contribution is -2.38. The summed E-state index contributed by atoms with van der Waals surface area (Å²) in [5.74, 6) is -0.901. The van der Waals surface area contributed by atoms with E-state index in [1.54, 1.807) is 12.1 Å². The van der Waals surface area contributed by atoms with Gasteiger partial charge < -0.3 is 10.4 Å². The number of halogens is 2. The molecule has 0 radical (unpaired) electrons. The van der Waals surface area contributed by atoms with Crippen molar-refractivity contribution in [2.45, 2.75) is 31.3 Å². The van der Waals surface area contributed by atoms with E-state index in [-0.39, 0.29) is 5.92 Å². The molecule has 0 aliphatic carbocycles. The number of piperidine rings is 1. The molecule has 212 valence electrons. The average Bonchev–Trinajstić information content (AvgIpc) is 3.01. The molecule has 0 saturated carbocycles. The van der Waals surface area contributed by atoms with Crippen LogP contribution in [0.25, 0.3) is 10.9 Å². The first-order valence-corrected chi connectivity index (χ1v) is 14.8. The van der Waals surface area contributed by atoms with Gasteiger partial charge in [-0.2, -0.15) is 10.2 Å². The van der Waals surface area contributed by atoms with Crippen LogP contribution in [-0.2, 0) is 6.54 Å². The minimum absolute atomic E-state index is 0.00208. The summed E-state index contributed by atoms with van der Waals surface area (Å²) in [5, 5.41) is 24.0. The van der Waals surface area contributed by atoms with Crippen molar-refractivity contribution in [2.75, 3.05) is 18.4 Å². The lowest BCUT2D eigenvalue weighted by atomic mass is 9.84. The molecule has 0 spiro atoms. The predicted octanol–water partition coefficient (Wildman–Crippen LogP) is 7.89. The van der Waals surface area contributed by atoms with Gasteiger partial charge in [0.2, 0.25) is 0 Å². The van der Waals surface area contributed by atoms with Crippen LogP contribution >= 0.6 is 23.2 Å². The van der Waals surface area contributed by atoms with Gasteiger partial charge in [-0.15, -0.1) is 0 Å². The minimum atomic E-state index is -0.899.